The highest BCUT2D eigenvalue weighted by Gasteiger charge is 2.13. The highest BCUT2D eigenvalue weighted by atomic mass is 16.3. The van der Waals surface area contributed by atoms with Crippen LogP contribution in [-0.4, -0.2) is 49.2 Å². The second-order valence-corrected chi connectivity index (χ2v) is 5.10. The molecule has 1 rings (SSSR count). The molecule has 0 aliphatic heterocycles. The van der Waals surface area contributed by atoms with Gasteiger partial charge in [-0.05, 0) is 19.4 Å². The molecule has 0 spiro atoms. The van der Waals surface area contributed by atoms with E-state index in [0.29, 0.717) is 13.1 Å². The Balaban J connectivity index is 2.03. The van der Waals surface area contributed by atoms with E-state index in [9.17, 15) is 4.79 Å². The second kappa shape index (κ2) is 8.48. The van der Waals surface area contributed by atoms with E-state index in [-0.39, 0.29) is 12.5 Å². The number of nitrogens with zero attached hydrogens (tertiary/aromatic N) is 1. The molecule has 0 heterocycles. The fraction of sp³-hybridized carbons (Fsp3) is 0.923. The van der Waals surface area contributed by atoms with Crippen molar-refractivity contribution in [2.75, 3.05) is 33.3 Å². The van der Waals surface area contributed by atoms with Crippen molar-refractivity contribution in [1.29, 1.82) is 0 Å². The van der Waals surface area contributed by atoms with E-state index in [2.05, 4.69) is 5.32 Å². The maximum Gasteiger partial charge on any atom is 0.234 e. The van der Waals surface area contributed by atoms with Crippen molar-refractivity contribution in [2.45, 2.75) is 38.5 Å². The summed E-state index contributed by atoms with van der Waals surface area (Å²) < 4.78 is 0. The molecule has 1 saturated carbocycles. The van der Waals surface area contributed by atoms with E-state index < -0.39 is 0 Å². The highest BCUT2D eigenvalue weighted by molar-refractivity contribution is 5.77. The number of carbonyl (C=O) groups is 1. The molecule has 1 aliphatic rings. The van der Waals surface area contributed by atoms with Crippen molar-refractivity contribution in [2.24, 2.45) is 5.92 Å². The Labute approximate surface area is 104 Å². The van der Waals surface area contributed by atoms with Crippen LogP contribution in [0.2, 0.25) is 0 Å². The Hall–Kier alpha value is -0.610. The molecule has 2 N–H and O–H groups in total. The van der Waals surface area contributed by atoms with Crippen LogP contribution in [0.3, 0.4) is 0 Å². The van der Waals surface area contributed by atoms with Crippen molar-refractivity contribution in [3.63, 3.8) is 0 Å². The molecule has 1 fully saturated rings. The minimum atomic E-state index is 0.0664. The molecule has 0 aromatic rings. The molecular formula is C13H26N2O2. The molecule has 17 heavy (non-hydrogen) atoms. The maximum atomic E-state index is 11.5. The molecule has 100 valence electrons. The van der Waals surface area contributed by atoms with Crippen molar-refractivity contribution in [3.05, 3.63) is 0 Å². The number of nitrogens with one attached hydrogen (secondary N) is 1. The summed E-state index contributed by atoms with van der Waals surface area (Å²) in [6.07, 6.45) is 7.89. The molecule has 4 nitrogen and oxygen atoms in total. The van der Waals surface area contributed by atoms with Crippen LogP contribution in [0.4, 0.5) is 0 Å². The zero-order chi connectivity index (χ0) is 12.5. The van der Waals surface area contributed by atoms with Crippen LogP contribution in [0.5, 0.6) is 0 Å². The molecule has 0 bridgehead atoms. The minimum absolute atomic E-state index is 0.0664. The third-order valence-corrected chi connectivity index (χ3v) is 3.49. The number of likely N-dealkylation sites (N-methyl/N-ethyl adjacent to an activating group) is 1. The quantitative estimate of drug-likeness (QED) is 0.700. The summed E-state index contributed by atoms with van der Waals surface area (Å²) in [5.74, 6) is 0.885. The average Bonchev–Trinajstić information content (AvgIpc) is 2.30. The van der Waals surface area contributed by atoms with Gasteiger partial charge in [0, 0.05) is 13.1 Å². The summed E-state index contributed by atoms with van der Waals surface area (Å²) in [7, 11) is 1.84. The first-order chi connectivity index (χ1) is 8.22. The van der Waals surface area contributed by atoms with Crippen molar-refractivity contribution < 1.29 is 9.90 Å². The third kappa shape index (κ3) is 6.64. The number of hydrogen-bond donors (Lipinski definition) is 2. The maximum absolute atomic E-state index is 11.5. The lowest BCUT2D eigenvalue weighted by atomic mass is 9.87. The van der Waals surface area contributed by atoms with Crippen LogP contribution in [0.1, 0.15) is 38.5 Å². The SMILES string of the molecule is CN(CCO)CC(=O)NCCC1CCCCC1. The predicted molar refractivity (Wildman–Crippen MR) is 68.8 cm³/mol. The summed E-state index contributed by atoms with van der Waals surface area (Å²) in [6, 6.07) is 0. The zero-order valence-corrected chi connectivity index (χ0v) is 11.0. The molecule has 0 unspecified atom stereocenters. The number of aliphatic hydroxyl groups is 1. The Morgan fingerprint density at radius 2 is 2.06 bits per heavy atom. The minimum Gasteiger partial charge on any atom is -0.395 e. The van der Waals surface area contributed by atoms with Crippen molar-refractivity contribution in [1.82, 2.24) is 10.2 Å². The van der Waals surface area contributed by atoms with Crippen molar-refractivity contribution >= 4 is 5.91 Å². The van der Waals surface area contributed by atoms with E-state index in [1.807, 2.05) is 11.9 Å². The molecule has 1 amide bonds. The summed E-state index contributed by atoms with van der Waals surface area (Å²) in [4.78, 5) is 13.4. The zero-order valence-electron chi connectivity index (χ0n) is 11.0. The van der Waals surface area contributed by atoms with E-state index in [4.69, 9.17) is 5.11 Å². The number of aliphatic hydroxyl groups excluding tert-OH is 1. The monoisotopic (exact) mass is 242 g/mol. The molecule has 0 atom stereocenters. The van der Waals surface area contributed by atoms with Crippen LogP contribution in [0.25, 0.3) is 0 Å². The van der Waals surface area contributed by atoms with Gasteiger partial charge in [0.2, 0.25) is 5.91 Å². The Morgan fingerprint density at radius 1 is 1.35 bits per heavy atom. The van der Waals surface area contributed by atoms with Crippen LogP contribution < -0.4 is 5.32 Å². The normalized spacial score (nSPS) is 17.4. The van der Waals surface area contributed by atoms with E-state index in [1.54, 1.807) is 0 Å². The summed E-state index contributed by atoms with van der Waals surface area (Å²) in [5.41, 5.74) is 0. The van der Waals surface area contributed by atoms with Gasteiger partial charge in [0.25, 0.3) is 0 Å². The molecule has 4 heteroatoms. The number of hydrogen-bond acceptors (Lipinski definition) is 3. The lowest BCUT2D eigenvalue weighted by molar-refractivity contribution is -0.122. The smallest absolute Gasteiger partial charge is 0.234 e. The highest BCUT2D eigenvalue weighted by Crippen LogP contribution is 2.25. The van der Waals surface area contributed by atoms with Crippen LogP contribution in [0, 0.1) is 5.92 Å². The number of amides is 1. The molecule has 0 aromatic heterocycles. The first-order valence-corrected chi connectivity index (χ1v) is 6.78. The molecular weight excluding hydrogens is 216 g/mol. The predicted octanol–water partition coefficient (Wildman–Crippen LogP) is 0.997. The van der Waals surface area contributed by atoms with Gasteiger partial charge in [0.05, 0.1) is 13.2 Å². The second-order valence-electron chi connectivity index (χ2n) is 5.10. The third-order valence-electron chi connectivity index (χ3n) is 3.49. The van der Waals surface area contributed by atoms with Gasteiger partial charge in [-0.2, -0.15) is 0 Å². The number of rotatable bonds is 7. The van der Waals surface area contributed by atoms with Crippen molar-refractivity contribution in [3.8, 4) is 0 Å². The standard InChI is InChI=1S/C13H26N2O2/c1-15(9-10-16)11-13(17)14-8-7-12-5-3-2-4-6-12/h12,16H,2-11H2,1H3,(H,14,17). The summed E-state index contributed by atoms with van der Waals surface area (Å²) >= 11 is 0. The van der Waals surface area contributed by atoms with Crippen LogP contribution in [0.15, 0.2) is 0 Å². The van der Waals surface area contributed by atoms with Gasteiger partial charge in [-0.15, -0.1) is 0 Å². The van der Waals surface area contributed by atoms with Gasteiger partial charge < -0.3 is 10.4 Å². The Morgan fingerprint density at radius 3 is 2.71 bits per heavy atom. The largest absolute Gasteiger partial charge is 0.395 e. The first kappa shape index (κ1) is 14.5. The van der Waals surface area contributed by atoms with Gasteiger partial charge in [-0.1, -0.05) is 32.1 Å². The number of carbonyl (C=O) groups excluding carboxylic acids is 1. The lowest BCUT2D eigenvalue weighted by Crippen LogP contribution is -2.37. The first-order valence-electron chi connectivity index (χ1n) is 6.78. The van der Waals surface area contributed by atoms with E-state index in [1.165, 1.54) is 32.1 Å². The van der Waals surface area contributed by atoms with Gasteiger partial charge in [-0.25, -0.2) is 0 Å². The topological polar surface area (TPSA) is 52.6 Å². The average molecular weight is 242 g/mol. The molecule has 0 saturated heterocycles. The van der Waals surface area contributed by atoms with Gasteiger partial charge in [0.1, 0.15) is 0 Å². The Bertz CT molecular complexity index is 215. The Kier molecular flexibility index (Phi) is 7.21. The summed E-state index contributed by atoms with van der Waals surface area (Å²) in [6.45, 7) is 1.84. The molecule has 0 aromatic carbocycles. The van der Waals surface area contributed by atoms with Gasteiger partial charge >= 0.3 is 0 Å². The molecule has 0 radical (unpaired) electrons. The fourth-order valence-corrected chi connectivity index (χ4v) is 2.44. The fourth-order valence-electron chi connectivity index (χ4n) is 2.44. The van der Waals surface area contributed by atoms with Gasteiger partial charge in [0.15, 0.2) is 0 Å². The summed E-state index contributed by atoms with van der Waals surface area (Å²) in [5, 5.41) is 11.7. The van der Waals surface area contributed by atoms with E-state index >= 15 is 0 Å². The van der Waals surface area contributed by atoms with Gasteiger partial charge in [-0.3, -0.25) is 9.69 Å². The van der Waals surface area contributed by atoms with Crippen LogP contribution in [-0.2, 0) is 4.79 Å². The lowest BCUT2D eigenvalue weighted by Gasteiger charge is -2.21. The molecule has 1 aliphatic carbocycles. The van der Waals surface area contributed by atoms with E-state index in [0.717, 1.165) is 18.9 Å². The van der Waals surface area contributed by atoms with Crippen LogP contribution >= 0.6 is 0 Å².